The molecule has 3 heterocycles. The molecule has 0 unspecified atom stereocenters. The molecule has 7 nitrogen and oxygen atoms in total. The van der Waals surface area contributed by atoms with Crippen molar-refractivity contribution in [3.05, 3.63) is 60.0 Å². The van der Waals surface area contributed by atoms with Crippen LogP contribution in [0.1, 0.15) is 12.0 Å². The number of nitrogens with zero attached hydrogens (tertiary/aromatic N) is 2. The fraction of sp³-hybridized carbons (Fsp3) is 0.435. The summed E-state index contributed by atoms with van der Waals surface area (Å²) in [6.45, 7) is 2.55. The van der Waals surface area contributed by atoms with E-state index in [0.29, 0.717) is 49.6 Å². The topological polar surface area (TPSA) is 89.0 Å². The number of carboxylic acids is 1. The van der Waals surface area contributed by atoms with Crippen molar-refractivity contribution in [2.24, 2.45) is 11.8 Å². The van der Waals surface area contributed by atoms with Crippen LogP contribution in [0.3, 0.4) is 0 Å². The minimum absolute atomic E-state index is 0.0402. The second-order valence-corrected chi connectivity index (χ2v) is 7.97. The maximum absolute atomic E-state index is 13.8. The van der Waals surface area contributed by atoms with Gasteiger partial charge in [-0.25, -0.2) is 14.2 Å². The molecular formula is C23H24F4N2O5. The molecule has 2 aliphatic heterocycles. The number of benzene rings is 1. The predicted molar refractivity (Wildman–Crippen MR) is 111 cm³/mol. The summed E-state index contributed by atoms with van der Waals surface area (Å²) in [6.07, 6.45) is -2.33. The zero-order chi connectivity index (χ0) is 24.7. The van der Waals surface area contributed by atoms with Gasteiger partial charge in [0.2, 0.25) is 11.8 Å². The molecule has 34 heavy (non-hydrogen) atoms. The molecule has 0 radical (unpaired) electrons. The third-order valence-corrected chi connectivity index (χ3v) is 5.71. The summed E-state index contributed by atoms with van der Waals surface area (Å²) >= 11 is 0. The largest absolute Gasteiger partial charge is 0.490 e. The summed E-state index contributed by atoms with van der Waals surface area (Å²) in [7, 11) is 0. The third-order valence-electron chi connectivity index (χ3n) is 5.71. The van der Waals surface area contributed by atoms with E-state index in [1.165, 1.54) is 6.07 Å². The number of halogens is 4. The van der Waals surface area contributed by atoms with Crippen molar-refractivity contribution in [1.29, 1.82) is 0 Å². The standard InChI is InChI=1S/C21H23FN2O3.C2HF3O2/c22-18-6-2-1-5-15(18)11-21(25)24-12-17-16(14-27-19(17)13-24)8-10-26-20-7-3-4-9-23-20;3-2(4,5)1(6)7/h1-7,9,16-17,19H,8,10-14H2;(H,6,7)/t16-,17-,19-;/m0./s1. The van der Waals surface area contributed by atoms with Crippen molar-refractivity contribution in [1.82, 2.24) is 9.88 Å². The molecular weight excluding hydrogens is 460 g/mol. The predicted octanol–water partition coefficient (Wildman–Crippen LogP) is 3.34. The van der Waals surface area contributed by atoms with E-state index in [1.54, 1.807) is 24.4 Å². The number of hydrogen-bond acceptors (Lipinski definition) is 5. The fourth-order valence-corrected chi connectivity index (χ4v) is 3.96. The number of aromatic nitrogens is 1. The second kappa shape index (κ2) is 11.3. The van der Waals surface area contributed by atoms with Crippen LogP contribution in [0, 0.1) is 17.7 Å². The van der Waals surface area contributed by atoms with Gasteiger partial charge in [0.05, 0.1) is 25.7 Å². The number of rotatable bonds is 6. The van der Waals surface area contributed by atoms with Crippen LogP contribution >= 0.6 is 0 Å². The molecule has 0 saturated carbocycles. The van der Waals surface area contributed by atoms with Crippen molar-refractivity contribution >= 4 is 11.9 Å². The molecule has 0 spiro atoms. The van der Waals surface area contributed by atoms with E-state index in [1.807, 2.05) is 23.1 Å². The Hall–Kier alpha value is -3.21. The van der Waals surface area contributed by atoms with Crippen LogP contribution in [0.25, 0.3) is 0 Å². The van der Waals surface area contributed by atoms with E-state index < -0.39 is 12.1 Å². The highest BCUT2D eigenvalue weighted by molar-refractivity contribution is 5.79. The second-order valence-electron chi connectivity index (χ2n) is 7.97. The van der Waals surface area contributed by atoms with Gasteiger partial charge in [0.15, 0.2) is 0 Å². The minimum Gasteiger partial charge on any atom is -0.478 e. The molecule has 2 saturated heterocycles. The van der Waals surface area contributed by atoms with Gasteiger partial charge in [-0.05, 0) is 30.0 Å². The normalized spacial score (nSPS) is 21.4. The number of pyridine rings is 1. The average molecular weight is 484 g/mol. The summed E-state index contributed by atoms with van der Waals surface area (Å²) in [5.74, 6) is -1.81. The van der Waals surface area contributed by atoms with E-state index in [4.69, 9.17) is 19.4 Å². The monoisotopic (exact) mass is 484 g/mol. The Labute approximate surface area is 193 Å². The van der Waals surface area contributed by atoms with Crippen molar-refractivity contribution in [3.8, 4) is 5.88 Å². The fourth-order valence-electron chi connectivity index (χ4n) is 3.96. The van der Waals surface area contributed by atoms with E-state index in [0.717, 1.165) is 6.42 Å². The lowest BCUT2D eigenvalue weighted by Crippen LogP contribution is -2.32. The smallest absolute Gasteiger partial charge is 0.478 e. The first-order chi connectivity index (χ1) is 16.1. The summed E-state index contributed by atoms with van der Waals surface area (Å²) < 4.78 is 57.1. The maximum Gasteiger partial charge on any atom is 0.490 e. The molecule has 2 aromatic rings. The van der Waals surface area contributed by atoms with Crippen molar-refractivity contribution in [2.45, 2.75) is 25.1 Å². The SMILES string of the molecule is O=C(Cc1ccccc1F)N1C[C@H]2[C@@H](CCOc3ccccn3)CO[C@H]2C1.O=C(O)C(F)(F)F. The Balaban J connectivity index is 0.000000406. The number of carboxylic acid groups (broad SMARTS) is 1. The number of ether oxygens (including phenoxy) is 2. The lowest BCUT2D eigenvalue weighted by atomic mass is 9.91. The van der Waals surface area contributed by atoms with E-state index in [-0.39, 0.29) is 24.2 Å². The van der Waals surface area contributed by atoms with Crippen LogP contribution in [0.4, 0.5) is 17.6 Å². The number of carbonyl (C=O) groups is 2. The molecule has 1 aromatic heterocycles. The molecule has 4 rings (SSSR count). The summed E-state index contributed by atoms with van der Waals surface area (Å²) in [5.41, 5.74) is 0.445. The Morgan fingerprint density at radius 2 is 1.85 bits per heavy atom. The first-order valence-corrected chi connectivity index (χ1v) is 10.6. The van der Waals surface area contributed by atoms with Crippen LogP contribution in [-0.2, 0) is 20.7 Å². The molecule has 0 bridgehead atoms. The number of carbonyl (C=O) groups excluding carboxylic acids is 1. The van der Waals surface area contributed by atoms with Crippen LogP contribution in [0.2, 0.25) is 0 Å². The van der Waals surface area contributed by atoms with Gasteiger partial charge in [0.1, 0.15) is 5.82 Å². The first-order valence-electron chi connectivity index (χ1n) is 10.6. The molecule has 0 aliphatic carbocycles. The number of alkyl halides is 3. The van der Waals surface area contributed by atoms with Gasteiger partial charge in [-0.15, -0.1) is 0 Å². The van der Waals surface area contributed by atoms with Gasteiger partial charge in [0.25, 0.3) is 0 Å². The van der Waals surface area contributed by atoms with E-state index >= 15 is 0 Å². The van der Waals surface area contributed by atoms with Crippen LogP contribution in [-0.4, -0.2) is 65.5 Å². The zero-order valence-electron chi connectivity index (χ0n) is 18.1. The number of fused-ring (bicyclic) bond motifs is 1. The van der Waals surface area contributed by atoms with Gasteiger partial charge in [0, 0.05) is 31.3 Å². The third kappa shape index (κ3) is 6.89. The van der Waals surface area contributed by atoms with E-state index in [9.17, 15) is 22.4 Å². The number of hydrogen-bond donors (Lipinski definition) is 1. The lowest BCUT2D eigenvalue weighted by Gasteiger charge is -2.20. The lowest BCUT2D eigenvalue weighted by molar-refractivity contribution is -0.192. The molecule has 11 heteroatoms. The Morgan fingerprint density at radius 1 is 1.15 bits per heavy atom. The number of likely N-dealkylation sites (tertiary alicyclic amines) is 1. The molecule has 2 fully saturated rings. The number of amides is 1. The van der Waals surface area contributed by atoms with E-state index in [2.05, 4.69) is 4.98 Å². The Kier molecular flexibility index (Phi) is 8.43. The van der Waals surface area contributed by atoms with Gasteiger partial charge < -0.3 is 19.5 Å². The van der Waals surface area contributed by atoms with Crippen LogP contribution in [0.15, 0.2) is 48.7 Å². The molecule has 2 aliphatic rings. The first kappa shape index (κ1) is 25.4. The highest BCUT2D eigenvalue weighted by atomic mass is 19.4. The van der Waals surface area contributed by atoms with Crippen molar-refractivity contribution in [3.63, 3.8) is 0 Å². The summed E-state index contributed by atoms with van der Waals surface area (Å²) in [6, 6.07) is 12.0. The highest BCUT2D eigenvalue weighted by Gasteiger charge is 2.44. The quantitative estimate of drug-likeness (QED) is 0.633. The Morgan fingerprint density at radius 3 is 2.50 bits per heavy atom. The zero-order valence-corrected chi connectivity index (χ0v) is 18.1. The molecule has 3 atom stereocenters. The highest BCUT2D eigenvalue weighted by Crippen LogP contribution is 2.35. The van der Waals surface area contributed by atoms with Gasteiger partial charge in [-0.2, -0.15) is 13.2 Å². The van der Waals surface area contributed by atoms with Crippen molar-refractivity contribution < 1.29 is 41.7 Å². The molecule has 1 aromatic carbocycles. The summed E-state index contributed by atoms with van der Waals surface area (Å²) in [5, 5.41) is 7.12. The molecule has 184 valence electrons. The van der Waals surface area contributed by atoms with Gasteiger partial charge >= 0.3 is 12.1 Å². The van der Waals surface area contributed by atoms with Gasteiger partial charge in [-0.3, -0.25) is 4.79 Å². The number of aliphatic carboxylic acids is 1. The van der Waals surface area contributed by atoms with Crippen LogP contribution in [0.5, 0.6) is 5.88 Å². The summed E-state index contributed by atoms with van der Waals surface area (Å²) in [4.78, 5) is 27.4. The molecule has 1 amide bonds. The van der Waals surface area contributed by atoms with Crippen LogP contribution < -0.4 is 4.74 Å². The van der Waals surface area contributed by atoms with Crippen molar-refractivity contribution in [2.75, 3.05) is 26.3 Å². The maximum atomic E-state index is 13.8. The molecule has 1 N–H and O–H groups in total. The Bertz CT molecular complexity index is 973. The van der Waals surface area contributed by atoms with Gasteiger partial charge in [-0.1, -0.05) is 24.3 Å². The average Bonchev–Trinajstić information content (AvgIpc) is 3.38. The minimum atomic E-state index is -5.08.